The van der Waals surface area contributed by atoms with E-state index in [1.807, 2.05) is 13.8 Å². The number of Topliss-reactive ketones (excluding diaryl/α,β-unsaturated/α-hetero) is 1. The molecule has 7 unspecified atom stereocenters. The molecule has 0 amide bonds. The van der Waals surface area contributed by atoms with E-state index in [1.165, 1.54) is 0 Å². The molecular weight excluding hydrogens is 304 g/mol. The number of ether oxygens (including phenoxy) is 2. The highest BCUT2D eigenvalue weighted by atomic mass is 16.6. The Hall–Kier alpha value is -1.00. The Bertz CT molecular complexity index is 652. The summed E-state index contributed by atoms with van der Waals surface area (Å²) in [6, 6.07) is 0. The second-order valence-electron chi connectivity index (χ2n) is 9.08. The molecule has 4 heteroatoms. The van der Waals surface area contributed by atoms with Crippen molar-refractivity contribution in [2.24, 2.45) is 17.3 Å². The molecule has 2 saturated heterocycles. The maximum Gasteiger partial charge on any atom is 0.190 e. The molecule has 3 fully saturated rings. The number of fused-ring (bicyclic) bond motifs is 4. The minimum Gasteiger partial charge on any atom is -0.366 e. The highest BCUT2D eigenvalue weighted by Crippen LogP contribution is 2.55. The number of carbonyl (C=O) groups excluding carboxylic acids is 2. The van der Waals surface area contributed by atoms with Crippen LogP contribution in [-0.4, -0.2) is 35.0 Å². The molecule has 4 rings (SSSR count). The van der Waals surface area contributed by atoms with Gasteiger partial charge in [0, 0.05) is 11.5 Å². The van der Waals surface area contributed by atoms with Gasteiger partial charge in [0.05, 0.1) is 11.7 Å². The third-order valence-electron chi connectivity index (χ3n) is 7.67. The smallest absolute Gasteiger partial charge is 0.190 e. The largest absolute Gasteiger partial charge is 0.366 e. The molecule has 132 valence electrons. The van der Waals surface area contributed by atoms with Crippen LogP contribution >= 0.6 is 0 Å². The van der Waals surface area contributed by atoms with Gasteiger partial charge < -0.3 is 9.47 Å². The number of epoxide rings is 2. The molecule has 2 heterocycles. The molecule has 0 aromatic carbocycles. The van der Waals surface area contributed by atoms with Crippen molar-refractivity contribution < 1.29 is 19.1 Å². The predicted octanol–water partition coefficient (Wildman–Crippen LogP) is 3.23. The van der Waals surface area contributed by atoms with Crippen LogP contribution in [0.3, 0.4) is 0 Å². The molecule has 0 aromatic rings. The van der Waals surface area contributed by atoms with Crippen molar-refractivity contribution in [3.05, 3.63) is 11.6 Å². The van der Waals surface area contributed by atoms with Gasteiger partial charge in [-0.2, -0.15) is 0 Å². The molecule has 0 spiro atoms. The summed E-state index contributed by atoms with van der Waals surface area (Å²) < 4.78 is 11.8. The molecule has 7 atom stereocenters. The molecule has 1 saturated carbocycles. The summed E-state index contributed by atoms with van der Waals surface area (Å²) in [4.78, 5) is 25.6. The van der Waals surface area contributed by atoms with E-state index in [0.29, 0.717) is 5.57 Å². The van der Waals surface area contributed by atoms with E-state index >= 15 is 0 Å². The summed E-state index contributed by atoms with van der Waals surface area (Å²) in [5, 5.41) is 0. The summed E-state index contributed by atoms with van der Waals surface area (Å²) in [7, 11) is 0. The third-order valence-corrected chi connectivity index (χ3v) is 7.67. The fourth-order valence-corrected chi connectivity index (χ4v) is 4.89. The van der Waals surface area contributed by atoms with Gasteiger partial charge in [0.1, 0.15) is 11.7 Å². The number of carbonyl (C=O) groups is 2. The van der Waals surface area contributed by atoms with E-state index in [4.69, 9.17) is 9.47 Å². The minimum absolute atomic E-state index is 0.0246. The SMILES string of the molecule is CC1C(=O)C=C2C(=O)C3OC3(C)CCC3OC3(C)CCC1(C)C2C. The monoisotopic (exact) mass is 332 g/mol. The highest BCUT2D eigenvalue weighted by Gasteiger charge is 2.62. The Morgan fingerprint density at radius 1 is 0.958 bits per heavy atom. The Morgan fingerprint density at radius 2 is 1.67 bits per heavy atom. The van der Waals surface area contributed by atoms with Crippen LogP contribution in [0.25, 0.3) is 0 Å². The van der Waals surface area contributed by atoms with E-state index in [2.05, 4.69) is 20.8 Å². The van der Waals surface area contributed by atoms with Gasteiger partial charge in [-0.1, -0.05) is 20.8 Å². The quantitative estimate of drug-likeness (QED) is 0.639. The van der Waals surface area contributed by atoms with Crippen LogP contribution in [0, 0.1) is 17.3 Å². The third kappa shape index (κ3) is 2.19. The van der Waals surface area contributed by atoms with Crippen LogP contribution in [0.15, 0.2) is 11.6 Å². The predicted molar refractivity (Wildman–Crippen MR) is 89.6 cm³/mol. The first kappa shape index (κ1) is 16.5. The van der Waals surface area contributed by atoms with Gasteiger partial charge in [-0.3, -0.25) is 9.59 Å². The number of allylic oxidation sites excluding steroid dienone is 1. The molecule has 2 bridgehead atoms. The first-order valence-corrected chi connectivity index (χ1v) is 9.26. The summed E-state index contributed by atoms with van der Waals surface area (Å²) in [6.45, 7) is 10.5. The number of hydrogen-bond donors (Lipinski definition) is 0. The van der Waals surface area contributed by atoms with Crippen molar-refractivity contribution in [3.8, 4) is 0 Å². The van der Waals surface area contributed by atoms with Crippen molar-refractivity contribution in [2.75, 3.05) is 0 Å². The standard InChI is InChI=1S/C20H28O4/c1-11-13-10-14(21)12(2)18(11,3)8-9-19(4)15(23-19)6-7-20(5)17(24-20)16(13)22/h10-12,15,17H,6-9H2,1-5H3. The van der Waals surface area contributed by atoms with Crippen molar-refractivity contribution >= 4 is 11.6 Å². The van der Waals surface area contributed by atoms with Crippen LogP contribution in [0.1, 0.15) is 60.3 Å². The van der Waals surface area contributed by atoms with Crippen LogP contribution in [0.4, 0.5) is 0 Å². The second-order valence-corrected chi connectivity index (χ2v) is 9.08. The Kier molecular flexibility index (Phi) is 3.29. The van der Waals surface area contributed by atoms with Crippen LogP contribution in [0.5, 0.6) is 0 Å². The minimum atomic E-state index is -0.388. The zero-order valence-corrected chi connectivity index (χ0v) is 15.3. The van der Waals surface area contributed by atoms with Gasteiger partial charge >= 0.3 is 0 Å². The second kappa shape index (κ2) is 4.79. The molecule has 2 aliphatic carbocycles. The lowest BCUT2D eigenvalue weighted by Gasteiger charge is -2.44. The normalized spacial score (nSPS) is 54.0. The van der Waals surface area contributed by atoms with Gasteiger partial charge in [0.2, 0.25) is 0 Å². The average molecular weight is 332 g/mol. The maximum absolute atomic E-state index is 13.0. The number of ketones is 2. The van der Waals surface area contributed by atoms with E-state index in [-0.39, 0.29) is 52.2 Å². The Balaban J connectivity index is 1.73. The van der Waals surface area contributed by atoms with E-state index < -0.39 is 0 Å². The number of rotatable bonds is 0. The summed E-state index contributed by atoms with van der Waals surface area (Å²) >= 11 is 0. The molecule has 4 nitrogen and oxygen atoms in total. The zero-order valence-electron chi connectivity index (χ0n) is 15.3. The van der Waals surface area contributed by atoms with Crippen molar-refractivity contribution in [1.82, 2.24) is 0 Å². The number of hydrogen-bond acceptors (Lipinski definition) is 4. The van der Waals surface area contributed by atoms with Gasteiger partial charge in [-0.15, -0.1) is 0 Å². The van der Waals surface area contributed by atoms with E-state index in [0.717, 1.165) is 25.7 Å². The maximum atomic E-state index is 13.0. The van der Waals surface area contributed by atoms with Gasteiger partial charge in [-0.05, 0) is 56.9 Å². The lowest BCUT2D eigenvalue weighted by Crippen LogP contribution is -2.44. The molecule has 24 heavy (non-hydrogen) atoms. The Morgan fingerprint density at radius 3 is 2.38 bits per heavy atom. The zero-order chi connectivity index (χ0) is 17.5. The fourth-order valence-electron chi connectivity index (χ4n) is 4.89. The summed E-state index contributed by atoms with van der Waals surface area (Å²) in [5.74, 6) is 0.0963. The topological polar surface area (TPSA) is 59.2 Å². The molecule has 0 aromatic heterocycles. The molecule has 4 aliphatic rings. The van der Waals surface area contributed by atoms with Gasteiger partial charge in [-0.25, -0.2) is 0 Å². The molecule has 0 N–H and O–H groups in total. The molecular formula is C20H28O4. The summed E-state index contributed by atoms with van der Waals surface area (Å²) in [6.07, 6.45) is 5.10. The van der Waals surface area contributed by atoms with Gasteiger partial charge in [0.25, 0.3) is 0 Å². The van der Waals surface area contributed by atoms with Crippen LogP contribution in [-0.2, 0) is 19.1 Å². The summed E-state index contributed by atoms with van der Waals surface area (Å²) in [5.41, 5.74) is 0.0115. The lowest BCUT2D eigenvalue weighted by molar-refractivity contribution is -0.126. The molecule has 0 radical (unpaired) electrons. The van der Waals surface area contributed by atoms with Gasteiger partial charge in [0.15, 0.2) is 11.6 Å². The van der Waals surface area contributed by atoms with Crippen molar-refractivity contribution in [3.63, 3.8) is 0 Å². The lowest BCUT2D eigenvalue weighted by atomic mass is 9.58. The molecule has 2 aliphatic heterocycles. The van der Waals surface area contributed by atoms with Crippen molar-refractivity contribution in [1.29, 1.82) is 0 Å². The van der Waals surface area contributed by atoms with Crippen molar-refractivity contribution in [2.45, 2.75) is 83.7 Å². The Labute approximate surface area is 144 Å². The van der Waals surface area contributed by atoms with E-state index in [1.54, 1.807) is 6.08 Å². The highest BCUT2D eigenvalue weighted by molar-refractivity contribution is 6.08. The van der Waals surface area contributed by atoms with Crippen LogP contribution in [0.2, 0.25) is 0 Å². The first-order chi connectivity index (χ1) is 11.1. The van der Waals surface area contributed by atoms with Crippen LogP contribution < -0.4 is 0 Å². The fraction of sp³-hybridized carbons (Fsp3) is 0.800. The average Bonchev–Trinajstić information content (AvgIpc) is 3.40. The first-order valence-electron chi connectivity index (χ1n) is 9.26. The van der Waals surface area contributed by atoms with E-state index in [9.17, 15) is 9.59 Å².